The highest BCUT2D eigenvalue weighted by molar-refractivity contribution is 6.00. The number of nitro benzene ring substituents is 1. The van der Waals surface area contributed by atoms with Gasteiger partial charge in [-0.25, -0.2) is 0 Å². The molecule has 8 nitrogen and oxygen atoms in total. The number of hydrogen-bond donors (Lipinski definition) is 2. The van der Waals surface area contributed by atoms with Gasteiger partial charge in [-0.15, -0.1) is 0 Å². The van der Waals surface area contributed by atoms with Gasteiger partial charge >= 0.3 is 0 Å². The molecule has 2 aromatic carbocycles. The van der Waals surface area contributed by atoms with E-state index in [1.54, 1.807) is 18.2 Å². The Kier molecular flexibility index (Phi) is 5.10. The molecule has 2 amide bonds. The molecule has 0 radical (unpaired) electrons. The average Bonchev–Trinajstić information content (AvgIpc) is 2.59. The Labute approximate surface area is 137 Å². The van der Waals surface area contributed by atoms with Crippen LogP contribution < -0.4 is 15.6 Å². The SMILES string of the molecule is COc1ccc(C)cc1C(=O)NNC(=O)c1ccc([N+](=O)[O-])cc1. The van der Waals surface area contributed by atoms with E-state index in [-0.39, 0.29) is 16.8 Å². The number of nitrogens with one attached hydrogen (secondary N) is 2. The van der Waals surface area contributed by atoms with Gasteiger partial charge in [0.25, 0.3) is 17.5 Å². The van der Waals surface area contributed by atoms with E-state index in [0.29, 0.717) is 5.75 Å². The van der Waals surface area contributed by atoms with Crippen molar-refractivity contribution >= 4 is 17.5 Å². The fourth-order valence-electron chi connectivity index (χ4n) is 1.99. The third-order valence-electron chi connectivity index (χ3n) is 3.23. The van der Waals surface area contributed by atoms with Gasteiger partial charge in [-0.2, -0.15) is 0 Å². The molecule has 0 saturated heterocycles. The van der Waals surface area contributed by atoms with E-state index in [4.69, 9.17) is 4.74 Å². The van der Waals surface area contributed by atoms with Crippen LogP contribution in [0.5, 0.6) is 5.75 Å². The maximum absolute atomic E-state index is 12.2. The number of amides is 2. The largest absolute Gasteiger partial charge is 0.496 e. The van der Waals surface area contributed by atoms with Crippen LogP contribution in [0.25, 0.3) is 0 Å². The summed E-state index contributed by atoms with van der Waals surface area (Å²) in [5.74, 6) is -0.752. The molecule has 0 atom stereocenters. The molecule has 2 N–H and O–H groups in total. The standard InChI is InChI=1S/C16H15N3O5/c1-10-3-8-14(24-2)13(9-10)16(21)18-17-15(20)11-4-6-12(7-5-11)19(22)23/h3-9H,1-2H3,(H,17,20)(H,18,21). The number of rotatable bonds is 4. The fourth-order valence-corrected chi connectivity index (χ4v) is 1.99. The molecule has 0 aliphatic heterocycles. The molecule has 0 saturated carbocycles. The first-order valence-corrected chi connectivity index (χ1v) is 6.92. The number of benzene rings is 2. The number of carbonyl (C=O) groups excluding carboxylic acids is 2. The summed E-state index contributed by atoms with van der Waals surface area (Å²) in [6.07, 6.45) is 0. The Morgan fingerprint density at radius 1 is 1.04 bits per heavy atom. The van der Waals surface area contributed by atoms with Gasteiger partial charge in [-0.3, -0.25) is 30.6 Å². The summed E-state index contributed by atoms with van der Waals surface area (Å²) in [5.41, 5.74) is 5.73. The summed E-state index contributed by atoms with van der Waals surface area (Å²) in [6.45, 7) is 1.83. The smallest absolute Gasteiger partial charge is 0.273 e. The first-order valence-electron chi connectivity index (χ1n) is 6.92. The Bertz CT molecular complexity index is 787. The topological polar surface area (TPSA) is 111 Å². The van der Waals surface area contributed by atoms with Gasteiger partial charge in [0, 0.05) is 17.7 Å². The highest BCUT2D eigenvalue weighted by Gasteiger charge is 2.14. The molecule has 2 rings (SSSR count). The van der Waals surface area contributed by atoms with Crippen LogP contribution in [0.2, 0.25) is 0 Å². The first kappa shape index (κ1) is 16.9. The van der Waals surface area contributed by atoms with E-state index in [9.17, 15) is 19.7 Å². The van der Waals surface area contributed by atoms with Crippen molar-refractivity contribution in [3.63, 3.8) is 0 Å². The minimum atomic E-state index is -0.593. The monoisotopic (exact) mass is 329 g/mol. The molecule has 0 aromatic heterocycles. The summed E-state index contributed by atoms with van der Waals surface area (Å²) in [6, 6.07) is 10.1. The van der Waals surface area contributed by atoms with Gasteiger partial charge in [-0.1, -0.05) is 11.6 Å². The van der Waals surface area contributed by atoms with E-state index in [0.717, 1.165) is 5.56 Å². The van der Waals surface area contributed by atoms with Crippen LogP contribution in [0.4, 0.5) is 5.69 Å². The van der Waals surface area contributed by atoms with Gasteiger partial charge in [0.1, 0.15) is 5.75 Å². The highest BCUT2D eigenvalue weighted by Crippen LogP contribution is 2.19. The predicted octanol–water partition coefficient (Wildman–Crippen LogP) is 1.99. The number of nitrogens with zero attached hydrogens (tertiary/aromatic N) is 1. The van der Waals surface area contributed by atoms with Crippen LogP contribution in [0, 0.1) is 17.0 Å². The Morgan fingerprint density at radius 2 is 1.67 bits per heavy atom. The molecule has 124 valence electrons. The van der Waals surface area contributed by atoms with Gasteiger partial charge in [0.15, 0.2) is 0 Å². The molecule has 0 heterocycles. The highest BCUT2D eigenvalue weighted by atomic mass is 16.6. The number of carbonyl (C=O) groups is 2. The molecule has 0 aliphatic rings. The van der Waals surface area contributed by atoms with E-state index in [2.05, 4.69) is 10.9 Å². The summed E-state index contributed by atoms with van der Waals surface area (Å²) in [5, 5.41) is 10.6. The zero-order chi connectivity index (χ0) is 17.7. The summed E-state index contributed by atoms with van der Waals surface area (Å²) in [7, 11) is 1.44. The van der Waals surface area contributed by atoms with Crippen molar-refractivity contribution in [3.8, 4) is 5.75 Å². The van der Waals surface area contributed by atoms with E-state index >= 15 is 0 Å². The number of ether oxygens (including phenoxy) is 1. The summed E-state index contributed by atoms with van der Waals surface area (Å²) in [4.78, 5) is 34.1. The van der Waals surface area contributed by atoms with E-state index in [1.807, 2.05) is 6.92 Å². The zero-order valence-electron chi connectivity index (χ0n) is 13.0. The van der Waals surface area contributed by atoms with Gasteiger partial charge in [0.2, 0.25) is 0 Å². The van der Waals surface area contributed by atoms with Crippen molar-refractivity contribution in [3.05, 3.63) is 69.3 Å². The number of hydrogen-bond acceptors (Lipinski definition) is 5. The Hall–Kier alpha value is -3.42. The predicted molar refractivity (Wildman–Crippen MR) is 85.8 cm³/mol. The third kappa shape index (κ3) is 3.86. The lowest BCUT2D eigenvalue weighted by Gasteiger charge is -2.11. The quantitative estimate of drug-likeness (QED) is 0.658. The molecular weight excluding hydrogens is 314 g/mol. The maximum Gasteiger partial charge on any atom is 0.273 e. The summed E-state index contributed by atoms with van der Waals surface area (Å²) >= 11 is 0. The molecule has 0 unspecified atom stereocenters. The Morgan fingerprint density at radius 3 is 2.25 bits per heavy atom. The van der Waals surface area contributed by atoms with Crippen LogP contribution in [0.3, 0.4) is 0 Å². The van der Waals surface area contributed by atoms with Crippen LogP contribution in [0.1, 0.15) is 26.3 Å². The normalized spacial score (nSPS) is 9.92. The molecule has 2 aromatic rings. The number of hydrazine groups is 1. The van der Waals surface area contributed by atoms with Crippen molar-refractivity contribution in [2.45, 2.75) is 6.92 Å². The second-order valence-corrected chi connectivity index (χ2v) is 4.92. The molecule has 24 heavy (non-hydrogen) atoms. The number of methoxy groups -OCH3 is 1. The van der Waals surface area contributed by atoms with Crippen molar-refractivity contribution in [1.82, 2.24) is 10.9 Å². The van der Waals surface area contributed by atoms with Crippen LogP contribution in [-0.4, -0.2) is 23.8 Å². The lowest BCUT2D eigenvalue weighted by molar-refractivity contribution is -0.384. The molecule has 0 fully saturated rings. The number of nitro groups is 1. The van der Waals surface area contributed by atoms with Crippen molar-refractivity contribution in [2.75, 3.05) is 7.11 Å². The Balaban J connectivity index is 2.04. The van der Waals surface area contributed by atoms with Crippen LogP contribution in [0.15, 0.2) is 42.5 Å². The third-order valence-corrected chi connectivity index (χ3v) is 3.23. The van der Waals surface area contributed by atoms with Crippen molar-refractivity contribution < 1.29 is 19.2 Å². The van der Waals surface area contributed by atoms with Crippen molar-refractivity contribution in [2.24, 2.45) is 0 Å². The molecule has 0 bridgehead atoms. The molecule has 0 aliphatic carbocycles. The minimum Gasteiger partial charge on any atom is -0.496 e. The second kappa shape index (κ2) is 7.23. The van der Waals surface area contributed by atoms with Gasteiger partial charge in [-0.05, 0) is 31.2 Å². The number of aryl methyl sites for hydroxylation is 1. The second-order valence-electron chi connectivity index (χ2n) is 4.92. The molecular formula is C16H15N3O5. The lowest BCUT2D eigenvalue weighted by Crippen LogP contribution is -2.41. The van der Waals surface area contributed by atoms with Crippen LogP contribution in [-0.2, 0) is 0 Å². The van der Waals surface area contributed by atoms with Crippen molar-refractivity contribution in [1.29, 1.82) is 0 Å². The first-order chi connectivity index (χ1) is 11.4. The maximum atomic E-state index is 12.2. The average molecular weight is 329 g/mol. The minimum absolute atomic E-state index is 0.125. The molecule has 0 spiro atoms. The lowest BCUT2D eigenvalue weighted by atomic mass is 10.1. The van der Waals surface area contributed by atoms with Crippen LogP contribution >= 0.6 is 0 Å². The van der Waals surface area contributed by atoms with Gasteiger partial charge in [0.05, 0.1) is 17.6 Å². The molecule has 8 heteroatoms. The van der Waals surface area contributed by atoms with E-state index < -0.39 is 16.7 Å². The zero-order valence-corrected chi connectivity index (χ0v) is 13.0. The summed E-state index contributed by atoms with van der Waals surface area (Å²) < 4.78 is 5.11. The number of non-ortho nitro benzene ring substituents is 1. The fraction of sp³-hybridized carbons (Fsp3) is 0.125. The van der Waals surface area contributed by atoms with E-state index in [1.165, 1.54) is 31.4 Å². The van der Waals surface area contributed by atoms with Gasteiger partial charge < -0.3 is 4.74 Å².